The van der Waals surface area contributed by atoms with Crippen molar-refractivity contribution in [2.45, 2.75) is 13.0 Å². The number of hydrogen-bond acceptors (Lipinski definition) is 6. The van der Waals surface area contributed by atoms with Crippen molar-refractivity contribution in [2.75, 3.05) is 32.2 Å². The zero-order valence-corrected chi connectivity index (χ0v) is 15.3. The predicted molar refractivity (Wildman–Crippen MR) is 104 cm³/mol. The highest BCUT2D eigenvalue weighted by molar-refractivity contribution is 5.95. The molecular weight excluding hydrogens is 346 g/mol. The maximum Gasteiger partial charge on any atom is 0.242 e. The van der Waals surface area contributed by atoms with Crippen LogP contribution < -0.4 is 10.1 Å². The Morgan fingerprint density at radius 1 is 1.33 bits per heavy atom. The molecule has 0 fully saturated rings. The summed E-state index contributed by atoms with van der Waals surface area (Å²) in [6.07, 6.45) is 1.67. The maximum atomic E-state index is 8.86. The molecule has 8 nitrogen and oxygen atoms in total. The predicted octanol–water partition coefficient (Wildman–Crippen LogP) is 2.55. The van der Waals surface area contributed by atoms with E-state index in [-0.39, 0.29) is 19.3 Å². The molecule has 27 heavy (non-hydrogen) atoms. The van der Waals surface area contributed by atoms with Gasteiger partial charge in [0.15, 0.2) is 0 Å². The van der Waals surface area contributed by atoms with E-state index in [1.807, 2.05) is 43.3 Å². The summed E-state index contributed by atoms with van der Waals surface area (Å²) < 4.78 is 10.7. The smallest absolute Gasteiger partial charge is 0.242 e. The van der Waals surface area contributed by atoms with Gasteiger partial charge in [-0.2, -0.15) is 0 Å². The monoisotopic (exact) mass is 369 g/mol. The van der Waals surface area contributed by atoms with E-state index in [1.165, 1.54) is 0 Å². The first-order valence-corrected chi connectivity index (χ1v) is 8.64. The summed E-state index contributed by atoms with van der Waals surface area (Å²) in [5, 5.41) is 19.8. The first kappa shape index (κ1) is 18.8. The fourth-order valence-corrected chi connectivity index (χ4v) is 2.70. The Labute approximate surface area is 157 Å². The van der Waals surface area contributed by atoms with Gasteiger partial charge in [-0.3, -0.25) is 10.1 Å². The molecular formula is C19H23N5O3. The number of benzene rings is 1. The zero-order chi connectivity index (χ0) is 19.1. The molecule has 0 aliphatic carbocycles. The molecule has 0 saturated heterocycles. The second-order valence-electron chi connectivity index (χ2n) is 5.94. The van der Waals surface area contributed by atoms with Gasteiger partial charge >= 0.3 is 0 Å². The lowest BCUT2D eigenvalue weighted by Crippen LogP contribution is -2.13. The average molecular weight is 369 g/mol. The molecule has 1 aromatic carbocycles. The number of aromatic amines is 1. The molecule has 1 atom stereocenters. The third-order valence-electron chi connectivity index (χ3n) is 3.91. The highest BCUT2D eigenvalue weighted by atomic mass is 16.5. The molecule has 8 heteroatoms. The van der Waals surface area contributed by atoms with Crippen molar-refractivity contribution in [1.29, 1.82) is 0 Å². The van der Waals surface area contributed by atoms with Crippen LogP contribution in [0.3, 0.4) is 0 Å². The number of hydrogen-bond donors (Lipinski definition) is 3. The first-order valence-electron chi connectivity index (χ1n) is 8.64. The topological polar surface area (TPSA) is 105 Å². The van der Waals surface area contributed by atoms with Crippen molar-refractivity contribution in [3.05, 3.63) is 48.2 Å². The number of aliphatic hydroxyl groups excluding tert-OH is 1. The molecule has 1 unspecified atom stereocenters. The van der Waals surface area contributed by atoms with Crippen LogP contribution in [0.2, 0.25) is 0 Å². The van der Waals surface area contributed by atoms with Crippen LogP contribution >= 0.6 is 0 Å². The summed E-state index contributed by atoms with van der Waals surface area (Å²) in [7, 11) is 1.67. The van der Waals surface area contributed by atoms with Gasteiger partial charge in [0.25, 0.3) is 0 Å². The Balaban J connectivity index is 1.75. The Bertz CT molecular complexity index is 895. The van der Waals surface area contributed by atoms with E-state index in [9.17, 15) is 0 Å². The minimum Gasteiger partial charge on any atom is -0.474 e. The van der Waals surface area contributed by atoms with Gasteiger partial charge in [-0.25, -0.2) is 4.98 Å². The van der Waals surface area contributed by atoms with Gasteiger partial charge < -0.3 is 19.9 Å². The van der Waals surface area contributed by atoms with E-state index in [4.69, 9.17) is 19.6 Å². The second kappa shape index (κ2) is 9.11. The third kappa shape index (κ3) is 4.81. The number of aliphatic imine (C=N–C) groups is 1. The highest BCUT2D eigenvalue weighted by Gasteiger charge is 2.11. The minimum absolute atomic E-state index is 0.0683. The molecule has 3 aromatic rings. The number of ether oxygens (including phenoxy) is 2. The Kier molecular flexibility index (Phi) is 6.35. The number of methoxy groups -OCH3 is 1. The summed E-state index contributed by atoms with van der Waals surface area (Å²) in [6, 6.07) is 11.7. The Hall–Kier alpha value is -2.97. The fraction of sp³-hybridized carbons (Fsp3) is 0.316. The van der Waals surface area contributed by atoms with Crippen LogP contribution in [0.1, 0.15) is 18.5 Å². The van der Waals surface area contributed by atoms with Crippen LogP contribution in [0, 0.1) is 0 Å². The molecule has 2 heterocycles. The molecule has 0 aliphatic heterocycles. The largest absolute Gasteiger partial charge is 0.474 e. The van der Waals surface area contributed by atoms with Gasteiger partial charge in [-0.15, -0.1) is 5.10 Å². The number of H-pyrrole nitrogens is 1. The number of pyridine rings is 1. The molecule has 0 bridgehead atoms. The number of amidine groups is 1. The summed E-state index contributed by atoms with van der Waals surface area (Å²) in [5.74, 6) is 1.79. The van der Waals surface area contributed by atoms with E-state index >= 15 is 0 Å². The van der Waals surface area contributed by atoms with Gasteiger partial charge in [0.2, 0.25) is 5.88 Å². The van der Waals surface area contributed by atoms with Crippen LogP contribution in [0.15, 0.2) is 47.6 Å². The molecule has 0 saturated carbocycles. The summed E-state index contributed by atoms with van der Waals surface area (Å²) in [4.78, 5) is 9.11. The van der Waals surface area contributed by atoms with E-state index in [0.29, 0.717) is 18.3 Å². The number of nitrogens with one attached hydrogen (secondary N) is 2. The summed E-state index contributed by atoms with van der Waals surface area (Å²) in [5.41, 5.74) is 1.87. The van der Waals surface area contributed by atoms with Crippen molar-refractivity contribution < 1.29 is 14.6 Å². The lowest BCUT2D eigenvalue weighted by molar-refractivity contribution is 0.181. The van der Waals surface area contributed by atoms with E-state index in [2.05, 4.69) is 20.5 Å². The highest BCUT2D eigenvalue weighted by Crippen LogP contribution is 2.24. The van der Waals surface area contributed by atoms with E-state index < -0.39 is 0 Å². The number of rotatable bonds is 8. The second-order valence-corrected chi connectivity index (χ2v) is 5.94. The fourth-order valence-electron chi connectivity index (χ4n) is 2.70. The number of anilines is 1. The number of fused-ring (bicyclic) bond motifs is 1. The minimum atomic E-state index is -0.0990. The van der Waals surface area contributed by atoms with Crippen molar-refractivity contribution in [3.63, 3.8) is 0 Å². The maximum absolute atomic E-state index is 8.86. The van der Waals surface area contributed by atoms with Gasteiger partial charge in [0.05, 0.1) is 30.0 Å². The molecule has 2 aromatic heterocycles. The van der Waals surface area contributed by atoms with Crippen LogP contribution in [0.4, 0.5) is 5.82 Å². The Morgan fingerprint density at radius 2 is 2.15 bits per heavy atom. The van der Waals surface area contributed by atoms with Crippen LogP contribution in [0.5, 0.6) is 5.88 Å². The number of aliphatic hydroxyl groups is 1. The first-order chi connectivity index (χ1) is 13.2. The summed E-state index contributed by atoms with van der Waals surface area (Å²) in [6.45, 7) is 2.50. The molecule has 0 spiro atoms. The standard InChI is InChI=1S/C19H23N5O3/c1-13(21-17(12-26-2)14-6-4-3-5-7-14)22-18-10-16-15(11-20-18)19(24-23-16)27-9-8-25/h3-7,10-11,17,25H,8-9,12H2,1-2H3,(H,23,24)(H,20,21,22). The molecule has 3 N–H and O–H groups in total. The molecule has 142 valence electrons. The van der Waals surface area contributed by atoms with Crippen LogP contribution in [-0.2, 0) is 4.74 Å². The van der Waals surface area contributed by atoms with Gasteiger partial charge in [-0.05, 0) is 12.5 Å². The van der Waals surface area contributed by atoms with Gasteiger partial charge in [-0.1, -0.05) is 30.3 Å². The lowest BCUT2D eigenvalue weighted by Gasteiger charge is -2.14. The Morgan fingerprint density at radius 3 is 2.89 bits per heavy atom. The van der Waals surface area contributed by atoms with E-state index in [0.717, 1.165) is 22.3 Å². The SMILES string of the molecule is COCC(N=C(C)Nc1cc2[nH]nc(OCCO)c2cn1)c1ccccc1. The van der Waals surface area contributed by atoms with Crippen molar-refractivity contribution in [3.8, 4) is 5.88 Å². The zero-order valence-electron chi connectivity index (χ0n) is 15.3. The van der Waals surface area contributed by atoms with Crippen molar-refractivity contribution >= 4 is 22.6 Å². The van der Waals surface area contributed by atoms with Gasteiger partial charge in [0.1, 0.15) is 18.5 Å². The van der Waals surface area contributed by atoms with Crippen molar-refractivity contribution in [1.82, 2.24) is 15.2 Å². The number of nitrogens with zero attached hydrogens (tertiary/aromatic N) is 3. The lowest BCUT2D eigenvalue weighted by atomic mass is 10.1. The van der Waals surface area contributed by atoms with E-state index in [1.54, 1.807) is 13.3 Å². The molecule has 0 amide bonds. The quantitative estimate of drug-likeness (QED) is 0.416. The van der Waals surface area contributed by atoms with Crippen LogP contribution in [0.25, 0.3) is 10.9 Å². The molecule has 3 rings (SSSR count). The third-order valence-corrected chi connectivity index (χ3v) is 3.91. The summed E-state index contributed by atoms with van der Waals surface area (Å²) >= 11 is 0. The number of aromatic nitrogens is 3. The average Bonchev–Trinajstić information content (AvgIpc) is 3.09. The molecule has 0 radical (unpaired) electrons. The van der Waals surface area contributed by atoms with Crippen molar-refractivity contribution in [2.24, 2.45) is 4.99 Å². The molecule has 0 aliphatic rings. The van der Waals surface area contributed by atoms with Crippen LogP contribution in [-0.4, -0.2) is 53.1 Å². The normalized spacial score (nSPS) is 12.9. The van der Waals surface area contributed by atoms with Gasteiger partial charge in [0, 0.05) is 19.4 Å².